The number of carbonyl (C=O) groups is 2. The molecule has 0 saturated carbocycles. The van der Waals surface area contributed by atoms with Crippen LogP contribution in [-0.4, -0.2) is 11.8 Å². The molecule has 6 nitrogen and oxygen atoms in total. The zero-order valence-corrected chi connectivity index (χ0v) is 14.9. The standard InChI is InChI=1S/C20H20N4O2/c1-13-7-8-19(14(2)9-13)24-20(26)16(11-21)12-22-17-5-4-6-18(10-17)23-15(3)25/h4-10,12,22H,1-3H3,(H,23,25)(H,24,26)/b16-12-. The number of benzene rings is 2. The van der Waals surface area contributed by atoms with Crippen molar-refractivity contribution in [3.63, 3.8) is 0 Å². The molecule has 26 heavy (non-hydrogen) atoms. The molecular formula is C20H20N4O2. The monoisotopic (exact) mass is 348 g/mol. The number of aryl methyl sites for hydroxylation is 2. The Labute approximate surface area is 152 Å². The van der Waals surface area contributed by atoms with Crippen LogP contribution < -0.4 is 16.0 Å². The van der Waals surface area contributed by atoms with Crippen LogP contribution in [0.25, 0.3) is 0 Å². The highest BCUT2D eigenvalue weighted by Crippen LogP contribution is 2.18. The third kappa shape index (κ3) is 5.21. The highest BCUT2D eigenvalue weighted by atomic mass is 16.2. The van der Waals surface area contributed by atoms with Crippen molar-refractivity contribution in [2.24, 2.45) is 0 Å². The van der Waals surface area contributed by atoms with E-state index in [-0.39, 0.29) is 11.5 Å². The molecule has 0 bridgehead atoms. The minimum Gasteiger partial charge on any atom is -0.360 e. The van der Waals surface area contributed by atoms with Crippen LogP contribution in [0.5, 0.6) is 0 Å². The van der Waals surface area contributed by atoms with Gasteiger partial charge in [-0.15, -0.1) is 0 Å². The second kappa shape index (κ2) is 8.49. The molecule has 2 aromatic rings. The van der Waals surface area contributed by atoms with Crippen molar-refractivity contribution in [3.8, 4) is 6.07 Å². The number of nitrogens with one attached hydrogen (secondary N) is 3. The highest BCUT2D eigenvalue weighted by Gasteiger charge is 2.10. The minimum atomic E-state index is -0.495. The summed E-state index contributed by atoms with van der Waals surface area (Å²) < 4.78 is 0. The van der Waals surface area contributed by atoms with Gasteiger partial charge in [-0.05, 0) is 43.7 Å². The van der Waals surface area contributed by atoms with Gasteiger partial charge in [0.05, 0.1) is 0 Å². The van der Waals surface area contributed by atoms with E-state index in [0.717, 1.165) is 11.1 Å². The topological polar surface area (TPSA) is 94.0 Å². The first-order chi connectivity index (χ1) is 12.4. The number of nitrogens with zero attached hydrogens (tertiary/aromatic N) is 1. The molecule has 0 aliphatic rings. The van der Waals surface area contributed by atoms with Crippen LogP contribution in [0, 0.1) is 25.2 Å². The van der Waals surface area contributed by atoms with Gasteiger partial charge in [-0.1, -0.05) is 23.8 Å². The lowest BCUT2D eigenvalue weighted by atomic mass is 10.1. The summed E-state index contributed by atoms with van der Waals surface area (Å²) in [6.45, 7) is 5.29. The lowest BCUT2D eigenvalue weighted by molar-refractivity contribution is -0.114. The summed E-state index contributed by atoms with van der Waals surface area (Å²) in [4.78, 5) is 23.4. The van der Waals surface area contributed by atoms with Crippen LogP contribution in [0.4, 0.5) is 17.1 Å². The molecule has 0 unspecified atom stereocenters. The van der Waals surface area contributed by atoms with Crippen LogP contribution in [0.2, 0.25) is 0 Å². The maximum Gasteiger partial charge on any atom is 0.267 e. The van der Waals surface area contributed by atoms with Gasteiger partial charge in [0, 0.05) is 30.2 Å². The lowest BCUT2D eigenvalue weighted by Crippen LogP contribution is -2.15. The van der Waals surface area contributed by atoms with Crippen LogP contribution in [0.15, 0.2) is 54.2 Å². The molecule has 0 radical (unpaired) electrons. The Hall–Kier alpha value is -3.59. The van der Waals surface area contributed by atoms with Crippen molar-refractivity contribution in [2.45, 2.75) is 20.8 Å². The Balaban J connectivity index is 2.11. The second-order valence-electron chi connectivity index (χ2n) is 5.85. The number of hydrogen-bond acceptors (Lipinski definition) is 4. The number of rotatable bonds is 5. The molecule has 0 aromatic heterocycles. The first-order valence-corrected chi connectivity index (χ1v) is 8.02. The average molecular weight is 348 g/mol. The average Bonchev–Trinajstić information content (AvgIpc) is 2.58. The van der Waals surface area contributed by atoms with Gasteiger partial charge in [-0.2, -0.15) is 5.26 Å². The van der Waals surface area contributed by atoms with Gasteiger partial charge >= 0.3 is 0 Å². The van der Waals surface area contributed by atoms with E-state index in [2.05, 4.69) is 16.0 Å². The molecule has 0 aliphatic carbocycles. The highest BCUT2D eigenvalue weighted by molar-refractivity contribution is 6.07. The number of hydrogen-bond donors (Lipinski definition) is 3. The molecule has 2 amide bonds. The molecule has 6 heteroatoms. The van der Waals surface area contributed by atoms with E-state index in [9.17, 15) is 14.9 Å². The Bertz CT molecular complexity index is 910. The fourth-order valence-electron chi connectivity index (χ4n) is 2.34. The van der Waals surface area contributed by atoms with Crippen LogP contribution in [-0.2, 0) is 9.59 Å². The number of nitriles is 1. The fraction of sp³-hybridized carbons (Fsp3) is 0.150. The fourth-order valence-corrected chi connectivity index (χ4v) is 2.34. The predicted octanol–water partition coefficient (Wildman–Crippen LogP) is 3.72. The number of carbonyl (C=O) groups excluding carboxylic acids is 2. The second-order valence-corrected chi connectivity index (χ2v) is 5.85. The zero-order valence-electron chi connectivity index (χ0n) is 14.9. The predicted molar refractivity (Wildman–Crippen MR) is 103 cm³/mol. The molecule has 0 heterocycles. The van der Waals surface area contributed by atoms with Crippen molar-refractivity contribution in [1.82, 2.24) is 0 Å². The minimum absolute atomic E-state index is 0.0603. The zero-order chi connectivity index (χ0) is 19.1. The summed E-state index contributed by atoms with van der Waals surface area (Å²) in [6.07, 6.45) is 1.34. The first-order valence-electron chi connectivity index (χ1n) is 8.02. The summed E-state index contributed by atoms with van der Waals surface area (Å²) in [5.74, 6) is -0.673. The van der Waals surface area contributed by atoms with Gasteiger partial charge in [0.2, 0.25) is 5.91 Å². The molecule has 3 N–H and O–H groups in total. The molecule has 0 fully saturated rings. The number of amides is 2. The summed E-state index contributed by atoms with van der Waals surface area (Å²) in [7, 11) is 0. The third-order valence-electron chi connectivity index (χ3n) is 3.56. The van der Waals surface area contributed by atoms with Gasteiger partial charge in [0.25, 0.3) is 5.91 Å². The molecule has 2 rings (SSSR count). The van der Waals surface area contributed by atoms with Crippen molar-refractivity contribution in [3.05, 3.63) is 65.4 Å². The first kappa shape index (κ1) is 18.7. The lowest BCUT2D eigenvalue weighted by Gasteiger charge is -2.09. The molecule has 0 spiro atoms. The van der Waals surface area contributed by atoms with Gasteiger partial charge in [-0.3, -0.25) is 9.59 Å². The van der Waals surface area contributed by atoms with Gasteiger partial charge in [0.15, 0.2) is 0 Å². The van der Waals surface area contributed by atoms with E-state index in [1.807, 2.05) is 38.1 Å². The SMILES string of the molecule is CC(=O)Nc1cccc(N/C=C(/C#N)C(=O)Nc2ccc(C)cc2C)c1. The van der Waals surface area contributed by atoms with E-state index in [4.69, 9.17) is 0 Å². The van der Waals surface area contributed by atoms with Gasteiger partial charge in [0.1, 0.15) is 11.6 Å². The summed E-state index contributed by atoms with van der Waals surface area (Å²) in [5.41, 5.74) is 3.88. The molecule has 132 valence electrons. The van der Waals surface area contributed by atoms with Crippen LogP contribution >= 0.6 is 0 Å². The van der Waals surface area contributed by atoms with E-state index < -0.39 is 5.91 Å². The Morgan fingerprint density at radius 3 is 2.42 bits per heavy atom. The molecule has 0 aliphatic heterocycles. The maximum atomic E-state index is 12.3. The van der Waals surface area contributed by atoms with Crippen LogP contribution in [0.3, 0.4) is 0 Å². The Morgan fingerprint density at radius 1 is 1.04 bits per heavy atom. The smallest absolute Gasteiger partial charge is 0.267 e. The molecular weight excluding hydrogens is 328 g/mol. The summed E-state index contributed by atoms with van der Waals surface area (Å²) in [5, 5.41) is 17.6. The van der Waals surface area contributed by atoms with Crippen molar-refractivity contribution < 1.29 is 9.59 Å². The summed E-state index contributed by atoms with van der Waals surface area (Å²) in [6, 6.07) is 14.5. The van der Waals surface area contributed by atoms with Crippen LogP contribution in [0.1, 0.15) is 18.1 Å². The third-order valence-corrected chi connectivity index (χ3v) is 3.56. The van der Waals surface area contributed by atoms with Gasteiger partial charge < -0.3 is 16.0 Å². The Morgan fingerprint density at radius 2 is 1.77 bits per heavy atom. The van der Waals surface area contributed by atoms with E-state index in [1.54, 1.807) is 24.3 Å². The largest absolute Gasteiger partial charge is 0.360 e. The quantitative estimate of drug-likeness (QED) is 0.567. The van der Waals surface area contributed by atoms with Gasteiger partial charge in [-0.25, -0.2) is 0 Å². The normalized spacial score (nSPS) is 10.6. The Kier molecular flexibility index (Phi) is 6.12. The van der Waals surface area contributed by atoms with E-state index >= 15 is 0 Å². The van der Waals surface area contributed by atoms with Crippen molar-refractivity contribution >= 4 is 28.9 Å². The summed E-state index contributed by atoms with van der Waals surface area (Å²) >= 11 is 0. The molecule has 2 aromatic carbocycles. The number of anilines is 3. The van der Waals surface area contributed by atoms with Crippen molar-refractivity contribution in [2.75, 3.05) is 16.0 Å². The van der Waals surface area contributed by atoms with E-state index in [0.29, 0.717) is 17.1 Å². The maximum absolute atomic E-state index is 12.3. The van der Waals surface area contributed by atoms with E-state index in [1.165, 1.54) is 13.1 Å². The molecule has 0 saturated heterocycles. The molecule has 0 atom stereocenters. The van der Waals surface area contributed by atoms with Crippen molar-refractivity contribution in [1.29, 1.82) is 5.26 Å².